The lowest BCUT2D eigenvalue weighted by Crippen LogP contribution is -2.21. The van der Waals surface area contributed by atoms with Gasteiger partial charge in [0.05, 0.1) is 12.3 Å². The summed E-state index contributed by atoms with van der Waals surface area (Å²) in [6, 6.07) is 4.35. The Morgan fingerprint density at radius 1 is 1.47 bits per heavy atom. The molecule has 0 aliphatic heterocycles. The molecular formula is C12H18N4O2S. The molecule has 0 spiro atoms. The van der Waals surface area contributed by atoms with Crippen LogP contribution in [0.15, 0.2) is 26.5 Å². The van der Waals surface area contributed by atoms with Crippen molar-refractivity contribution in [3.63, 3.8) is 0 Å². The van der Waals surface area contributed by atoms with Crippen LogP contribution in [0.25, 0.3) is 0 Å². The van der Waals surface area contributed by atoms with Crippen molar-refractivity contribution in [1.29, 1.82) is 0 Å². The van der Waals surface area contributed by atoms with Crippen LogP contribution >= 0.6 is 11.8 Å². The molecule has 0 unspecified atom stereocenters. The standard InChI is InChI=1S/C12H18N4O2S/c1-8(2)13-6-9-4-5-10(18-9)7-19-12-15-14-11(17)16(12)3/h4-5,8,13H,6-7H2,1-3H3,(H,14,17). The topological polar surface area (TPSA) is 75.8 Å². The maximum absolute atomic E-state index is 11.2. The van der Waals surface area contributed by atoms with E-state index in [1.165, 1.54) is 16.3 Å². The van der Waals surface area contributed by atoms with Crippen LogP contribution in [0.2, 0.25) is 0 Å². The molecule has 0 bridgehead atoms. The zero-order valence-electron chi connectivity index (χ0n) is 11.3. The van der Waals surface area contributed by atoms with Gasteiger partial charge in [-0.15, -0.1) is 5.10 Å². The third kappa shape index (κ3) is 3.74. The molecule has 2 rings (SSSR count). The van der Waals surface area contributed by atoms with E-state index < -0.39 is 0 Å². The minimum absolute atomic E-state index is 0.205. The second-order valence-corrected chi connectivity index (χ2v) is 5.51. The molecule has 0 fully saturated rings. The minimum atomic E-state index is -0.205. The van der Waals surface area contributed by atoms with Gasteiger partial charge in [-0.1, -0.05) is 25.6 Å². The summed E-state index contributed by atoms with van der Waals surface area (Å²) in [6.07, 6.45) is 0. The molecule has 7 heteroatoms. The van der Waals surface area contributed by atoms with Crippen molar-refractivity contribution in [1.82, 2.24) is 20.1 Å². The molecule has 2 aromatic rings. The maximum Gasteiger partial charge on any atom is 0.343 e. The fourth-order valence-corrected chi connectivity index (χ4v) is 2.31. The van der Waals surface area contributed by atoms with Crippen molar-refractivity contribution in [3.8, 4) is 0 Å². The predicted octanol–water partition coefficient (Wildman–Crippen LogP) is 1.49. The van der Waals surface area contributed by atoms with Crippen LogP contribution in [0, 0.1) is 0 Å². The Labute approximate surface area is 115 Å². The molecule has 0 saturated heterocycles. The summed E-state index contributed by atoms with van der Waals surface area (Å²) in [4.78, 5) is 11.2. The van der Waals surface area contributed by atoms with Gasteiger partial charge in [0.1, 0.15) is 11.5 Å². The van der Waals surface area contributed by atoms with Gasteiger partial charge in [0.25, 0.3) is 0 Å². The zero-order chi connectivity index (χ0) is 13.8. The highest BCUT2D eigenvalue weighted by Gasteiger charge is 2.08. The molecule has 0 amide bonds. The van der Waals surface area contributed by atoms with E-state index in [9.17, 15) is 4.79 Å². The van der Waals surface area contributed by atoms with Crippen LogP contribution in [0.3, 0.4) is 0 Å². The average Bonchev–Trinajstić information content (AvgIpc) is 2.94. The lowest BCUT2D eigenvalue weighted by Gasteiger charge is -2.04. The lowest BCUT2D eigenvalue weighted by molar-refractivity contribution is 0.445. The average molecular weight is 282 g/mol. The SMILES string of the molecule is CC(C)NCc1ccc(CSc2n[nH]c(=O)n2C)o1. The molecule has 19 heavy (non-hydrogen) atoms. The van der Waals surface area contributed by atoms with Crippen LogP contribution in [0.1, 0.15) is 25.4 Å². The first-order chi connectivity index (χ1) is 9.06. The van der Waals surface area contributed by atoms with Gasteiger partial charge >= 0.3 is 5.69 Å². The molecule has 0 aliphatic rings. The Balaban J connectivity index is 1.90. The Hall–Kier alpha value is -1.47. The summed E-state index contributed by atoms with van der Waals surface area (Å²) in [5.74, 6) is 2.45. The first-order valence-electron chi connectivity index (χ1n) is 6.11. The van der Waals surface area contributed by atoms with Crippen molar-refractivity contribution in [2.75, 3.05) is 0 Å². The van der Waals surface area contributed by atoms with Crippen molar-refractivity contribution >= 4 is 11.8 Å². The Bertz CT molecular complexity index is 585. The number of nitrogens with one attached hydrogen (secondary N) is 2. The van der Waals surface area contributed by atoms with Gasteiger partial charge in [-0.25, -0.2) is 9.89 Å². The van der Waals surface area contributed by atoms with Gasteiger partial charge in [-0.2, -0.15) is 0 Å². The van der Waals surface area contributed by atoms with Crippen LogP contribution in [0.4, 0.5) is 0 Å². The predicted molar refractivity (Wildman–Crippen MR) is 74.1 cm³/mol. The molecule has 2 N–H and O–H groups in total. The zero-order valence-corrected chi connectivity index (χ0v) is 12.1. The number of furan rings is 1. The van der Waals surface area contributed by atoms with Crippen molar-refractivity contribution in [2.45, 2.75) is 37.3 Å². The van der Waals surface area contributed by atoms with E-state index in [1.807, 2.05) is 12.1 Å². The smallest absolute Gasteiger partial charge is 0.343 e. The monoisotopic (exact) mass is 282 g/mol. The first kappa shape index (κ1) is 14.0. The largest absolute Gasteiger partial charge is 0.464 e. The highest BCUT2D eigenvalue weighted by atomic mass is 32.2. The molecule has 0 radical (unpaired) electrons. The number of rotatable bonds is 6. The summed E-state index contributed by atoms with van der Waals surface area (Å²) in [7, 11) is 1.69. The Morgan fingerprint density at radius 3 is 2.84 bits per heavy atom. The highest BCUT2D eigenvalue weighted by Crippen LogP contribution is 2.20. The number of aromatic nitrogens is 3. The number of aromatic amines is 1. The fraction of sp³-hybridized carbons (Fsp3) is 0.500. The number of thioether (sulfide) groups is 1. The third-order valence-corrected chi connectivity index (χ3v) is 3.64. The number of hydrogen-bond acceptors (Lipinski definition) is 5. The van der Waals surface area contributed by atoms with Crippen LogP contribution in [0.5, 0.6) is 0 Å². The second-order valence-electron chi connectivity index (χ2n) is 4.56. The van der Waals surface area contributed by atoms with E-state index in [1.54, 1.807) is 7.05 Å². The lowest BCUT2D eigenvalue weighted by atomic mass is 10.3. The molecule has 0 atom stereocenters. The molecule has 2 aromatic heterocycles. The van der Waals surface area contributed by atoms with Gasteiger partial charge in [0.15, 0.2) is 5.16 Å². The van der Waals surface area contributed by atoms with Crippen molar-refractivity contribution < 1.29 is 4.42 Å². The van der Waals surface area contributed by atoms with Gasteiger partial charge in [-0.05, 0) is 12.1 Å². The molecule has 2 heterocycles. The minimum Gasteiger partial charge on any atom is -0.464 e. The van der Waals surface area contributed by atoms with Crippen molar-refractivity contribution in [3.05, 3.63) is 34.1 Å². The first-order valence-corrected chi connectivity index (χ1v) is 7.10. The summed E-state index contributed by atoms with van der Waals surface area (Å²) < 4.78 is 7.17. The van der Waals surface area contributed by atoms with E-state index in [0.29, 0.717) is 17.0 Å². The van der Waals surface area contributed by atoms with Crippen molar-refractivity contribution in [2.24, 2.45) is 7.05 Å². The molecule has 0 aromatic carbocycles. The summed E-state index contributed by atoms with van der Waals surface area (Å²) >= 11 is 1.47. The highest BCUT2D eigenvalue weighted by molar-refractivity contribution is 7.98. The van der Waals surface area contributed by atoms with Gasteiger partial charge in [0.2, 0.25) is 0 Å². The quantitative estimate of drug-likeness (QED) is 0.785. The van der Waals surface area contributed by atoms with Gasteiger partial charge in [-0.3, -0.25) is 4.57 Å². The van der Waals surface area contributed by atoms with Crippen LogP contribution in [-0.2, 0) is 19.3 Å². The molecule has 6 nitrogen and oxygen atoms in total. The van der Waals surface area contributed by atoms with E-state index in [4.69, 9.17) is 4.42 Å². The Morgan fingerprint density at radius 2 is 2.21 bits per heavy atom. The molecule has 0 saturated carbocycles. The van der Waals surface area contributed by atoms with E-state index in [0.717, 1.165) is 18.1 Å². The van der Waals surface area contributed by atoms with Crippen LogP contribution in [-0.4, -0.2) is 20.8 Å². The second kappa shape index (κ2) is 6.12. The van der Waals surface area contributed by atoms with E-state index >= 15 is 0 Å². The van der Waals surface area contributed by atoms with E-state index in [-0.39, 0.29) is 5.69 Å². The molecule has 0 aliphatic carbocycles. The molecular weight excluding hydrogens is 264 g/mol. The summed E-state index contributed by atoms with van der Waals surface area (Å²) in [6.45, 7) is 4.92. The van der Waals surface area contributed by atoms with Gasteiger partial charge < -0.3 is 9.73 Å². The third-order valence-electron chi connectivity index (χ3n) is 2.58. The number of hydrogen-bond donors (Lipinski definition) is 2. The normalized spacial score (nSPS) is 11.4. The Kier molecular flexibility index (Phi) is 4.49. The summed E-state index contributed by atoms with van der Waals surface area (Å²) in [5, 5.41) is 10.3. The fourth-order valence-electron chi connectivity index (χ4n) is 1.50. The number of nitrogens with zero attached hydrogens (tertiary/aromatic N) is 2. The van der Waals surface area contributed by atoms with Crippen LogP contribution < -0.4 is 11.0 Å². The molecule has 104 valence electrons. The summed E-state index contributed by atoms with van der Waals surface area (Å²) in [5.41, 5.74) is -0.205. The van der Waals surface area contributed by atoms with Gasteiger partial charge in [0, 0.05) is 13.1 Å². The maximum atomic E-state index is 11.2. The number of H-pyrrole nitrogens is 1. The van der Waals surface area contributed by atoms with E-state index in [2.05, 4.69) is 29.4 Å².